The number of hydrogen-bond acceptors (Lipinski definition) is 8. The number of ether oxygens (including phenoxy) is 2. The molecule has 0 atom stereocenters. The minimum atomic E-state index is -0.710. The molecular weight excluding hydrogens is 402 g/mol. The standard InChI is InChI=1S/C22H17N3O6/c1-28-17-9-5-8-15-12-16(30-20(15)17)10-11-19(27)29-13-18(26)23-22-25-24-21(31-22)14-6-3-2-4-7-14/h2-12H,13H2,1H3,(H,23,25,26)/b11-10+. The van der Waals surface area contributed by atoms with Gasteiger partial charge in [0.1, 0.15) is 5.76 Å². The van der Waals surface area contributed by atoms with Gasteiger partial charge < -0.3 is 18.3 Å². The highest BCUT2D eigenvalue weighted by atomic mass is 16.5. The molecule has 2 aromatic heterocycles. The number of furan rings is 1. The number of nitrogens with zero attached hydrogens (tertiary/aromatic N) is 2. The number of esters is 1. The van der Waals surface area contributed by atoms with E-state index in [0.717, 1.165) is 17.0 Å². The van der Waals surface area contributed by atoms with Crippen molar-refractivity contribution >= 4 is 34.9 Å². The van der Waals surface area contributed by atoms with E-state index in [1.165, 1.54) is 6.08 Å². The van der Waals surface area contributed by atoms with Crippen LogP contribution in [0.2, 0.25) is 0 Å². The molecule has 0 unspecified atom stereocenters. The number of methoxy groups -OCH3 is 1. The summed E-state index contributed by atoms with van der Waals surface area (Å²) in [5, 5.41) is 10.8. The first-order valence-electron chi connectivity index (χ1n) is 9.22. The molecule has 1 N–H and O–H groups in total. The van der Waals surface area contributed by atoms with E-state index >= 15 is 0 Å². The van der Waals surface area contributed by atoms with Crippen LogP contribution in [0.25, 0.3) is 28.5 Å². The van der Waals surface area contributed by atoms with Crippen molar-refractivity contribution in [3.05, 3.63) is 66.4 Å². The van der Waals surface area contributed by atoms with Gasteiger partial charge in [-0.2, -0.15) is 0 Å². The van der Waals surface area contributed by atoms with E-state index in [9.17, 15) is 9.59 Å². The third-order valence-corrected chi connectivity index (χ3v) is 4.17. The lowest BCUT2D eigenvalue weighted by Gasteiger charge is -2.01. The summed E-state index contributed by atoms with van der Waals surface area (Å²) in [7, 11) is 1.55. The van der Waals surface area contributed by atoms with Crippen LogP contribution in [0.4, 0.5) is 6.01 Å². The molecule has 31 heavy (non-hydrogen) atoms. The molecule has 0 saturated carbocycles. The fraction of sp³-hybridized carbons (Fsp3) is 0.0909. The molecule has 4 rings (SSSR count). The molecule has 0 aliphatic carbocycles. The lowest BCUT2D eigenvalue weighted by Crippen LogP contribution is -2.20. The zero-order chi connectivity index (χ0) is 21.6. The van der Waals surface area contributed by atoms with Crippen LogP contribution >= 0.6 is 0 Å². The monoisotopic (exact) mass is 419 g/mol. The summed E-state index contributed by atoms with van der Waals surface area (Å²) in [5.41, 5.74) is 1.29. The third-order valence-electron chi connectivity index (χ3n) is 4.17. The summed E-state index contributed by atoms with van der Waals surface area (Å²) in [6.07, 6.45) is 2.61. The molecule has 9 heteroatoms. The Morgan fingerprint density at radius 2 is 1.90 bits per heavy atom. The molecule has 0 saturated heterocycles. The Morgan fingerprint density at radius 1 is 1.06 bits per heavy atom. The van der Waals surface area contributed by atoms with Crippen LogP contribution < -0.4 is 10.1 Å². The van der Waals surface area contributed by atoms with E-state index in [1.807, 2.05) is 30.3 Å². The van der Waals surface area contributed by atoms with E-state index in [-0.39, 0.29) is 11.9 Å². The number of anilines is 1. The summed E-state index contributed by atoms with van der Waals surface area (Å²) in [6, 6.07) is 16.2. The van der Waals surface area contributed by atoms with Crippen LogP contribution in [0.15, 0.2) is 69.5 Å². The fourth-order valence-electron chi connectivity index (χ4n) is 2.76. The number of rotatable bonds is 7. The molecule has 0 radical (unpaired) electrons. The van der Waals surface area contributed by atoms with Gasteiger partial charge in [0, 0.05) is 17.0 Å². The van der Waals surface area contributed by atoms with Crippen LogP contribution in [-0.2, 0) is 14.3 Å². The van der Waals surface area contributed by atoms with Crippen molar-refractivity contribution in [3.8, 4) is 17.2 Å². The number of fused-ring (bicyclic) bond motifs is 1. The smallest absolute Gasteiger partial charge is 0.331 e. The molecule has 1 amide bonds. The number of hydrogen-bond donors (Lipinski definition) is 1. The van der Waals surface area contributed by atoms with Crippen LogP contribution in [0.3, 0.4) is 0 Å². The van der Waals surface area contributed by atoms with Gasteiger partial charge in [0.25, 0.3) is 5.91 Å². The van der Waals surface area contributed by atoms with Crippen LogP contribution in [0, 0.1) is 0 Å². The number of aromatic nitrogens is 2. The highest BCUT2D eigenvalue weighted by molar-refractivity contribution is 5.93. The summed E-state index contributed by atoms with van der Waals surface area (Å²) < 4.78 is 21.2. The molecule has 2 heterocycles. The second kappa shape index (κ2) is 8.95. The Balaban J connectivity index is 1.30. The van der Waals surface area contributed by atoms with Gasteiger partial charge in [-0.05, 0) is 30.3 Å². The Kier molecular flexibility index (Phi) is 5.75. The molecule has 156 valence electrons. The molecule has 0 fully saturated rings. The molecule has 0 bridgehead atoms. The maximum atomic E-state index is 12.0. The summed E-state index contributed by atoms with van der Waals surface area (Å²) in [4.78, 5) is 23.8. The zero-order valence-corrected chi connectivity index (χ0v) is 16.4. The van der Waals surface area contributed by atoms with Gasteiger partial charge in [0.05, 0.1) is 7.11 Å². The van der Waals surface area contributed by atoms with Crippen LogP contribution in [-0.4, -0.2) is 35.8 Å². The Labute approximate surface area is 176 Å². The Morgan fingerprint density at radius 3 is 2.71 bits per heavy atom. The summed E-state index contributed by atoms with van der Waals surface area (Å²) in [5.74, 6) is -0.0251. The fourth-order valence-corrected chi connectivity index (χ4v) is 2.76. The Hall–Kier alpha value is -4.40. The van der Waals surface area contributed by atoms with E-state index in [1.54, 1.807) is 31.4 Å². The number of amides is 1. The number of carbonyl (C=O) groups excluding carboxylic acids is 2. The molecule has 0 aliphatic rings. The predicted molar refractivity (Wildman–Crippen MR) is 111 cm³/mol. The number of benzene rings is 2. The average Bonchev–Trinajstić information content (AvgIpc) is 3.43. The predicted octanol–water partition coefficient (Wildman–Crippen LogP) is 3.69. The maximum absolute atomic E-state index is 12.0. The zero-order valence-electron chi connectivity index (χ0n) is 16.4. The van der Waals surface area contributed by atoms with Crippen molar-refractivity contribution in [3.63, 3.8) is 0 Å². The van der Waals surface area contributed by atoms with Gasteiger partial charge in [-0.1, -0.05) is 35.4 Å². The van der Waals surface area contributed by atoms with Crippen LogP contribution in [0.5, 0.6) is 5.75 Å². The topological polar surface area (TPSA) is 117 Å². The van der Waals surface area contributed by atoms with E-state index in [0.29, 0.717) is 17.1 Å². The molecule has 2 aromatic carbocycles. The van der Waals surface area contributed by atoms with E-state index in [2.05, 4.69) is 15.5 Å². The lowest BCUT2D eigenvalue weighted by atomic mass is 10.2. The largest absolute Gasteiger partial charge is 0.493 e. The number of carbonyl (C=O) groups is 2. The molecule has 9 nitrogen and oxygen atoms in total. The van der Waals surface area contributed by atoms with Gasteiger partial charge >= 0.3 is 12.0 Å². The lowest BCUT2D eigenvalue weighted by molar-refractivity contribution is -0.142. The summed E-state index contributed by atoms with van der Waals surface area (Å²) >= 11 is 0. The van der Waals surface area contributed by atoms with Crippen molar-refractivity contribution in [2.24, 2.45) is 0 Å². The first-order valence-corrected chi connectivity index (χ1v) is 9.22. The van der Waals surface area contributed by atoms with Crippen molar-refractivity contribution in [1.29, 1.82) is 0 Å². The third kappa shape index (κ3) is 4.78. The average molecular weight is 419 g/mol. The van der Waals surface area contributed by atoms with Gasteiger partial charge in [-0.25, -0.2) is 4.79 Å². The van der Waals surface area contributed by atoms with Crippen molar-refractivity contribution in [2.45, 2.75) is 0 Å². The molecule has 0 aliphatic heterocycles. The van der Waals surface area contributed by atoms with Crippen molar-refractivity contribution in [2.75, 3.05) is 19.0 Å². The highest BCUT2D eigenvalue weighted by Gasteiger charge is 2.13. The van der Waals surface area contributed by atoms with Gasteiger partial charge in [0.2, 0.25) is 5.89 Å². The highest BCUT2D eigenvalue weighted by Crippen LogP contribution is 2.28. The van der Waals surface area contributed by atoms with Crippen molar-refractivity contribution < 1.29 is 27.9 Å². The van der Waals surface area contributed by atoms with E-state index in [4.69, 9.17) is 18.3 Å². The number of nitrogens with one attached hydrogen (secondary N) is 1. The Bertz CT molecular complexity index is 1240. The molecule has 4 aromatic rings. The second-order valence-corrected chi connectivity index (χ2v) is 6.30. The van der Waals surface area contributed by atoms with Gasteiger partial charge in [0.15, 0.2) is 17.9 Å². The second-order valence-electron chi connectivity index (χ2n) is 6.30. The minimum Gasteiger partial charge on any atom is -0.493 e. The number of para-hydroxylation sites is 1. The normalized spacial score (nSPS) is 11.0. The van der Waals surface area contributed by atoms with Crippen molar-refractivity contribution in [1.82, 2.24) is 10.2 Å². The van der Waals surface area contributed by atoms with Crippen LogP contribution in [0.1, 0.15) is 5.76 Å². The van der Waals surface area contributed by atoms with E-state index < -0.39 is 18.5 Å². The minimum absolute atomic E-state index is 0.0910. The quantitative estimate of drug-likeness (QED) is 0.356. The molecule has 0 spiro atoms. The first kappa shape index (κ1) is 19.9. The van der Waals surface area contributed by atoms with Gasteiger partial charge in [-0.3, -0.25) is 10.1 Å². The SMILES string of the molecule is COc1cccc2cc(/C=C/C(=O)OCC(=O)Nc3nnc(-c4ccccc4)o3)oc12. The van der Waals surface area contributed by atoms with Gasteiger partial charge in [-0.15, -0.1) is 5.10 Å². The summed E-state index contributed by atoms with van der Waals surface area (Å²) in [6.45, 7) is -0.514. The first-order chi connectivity index (χ1) is 15.1. The molecular formula is C22H17N3O6. The maximum Gasteiger partial charge on any atom is 0.331 e.